The molecule has 2 aliphatic rings. The summed E-state index contributed by atoms with van der Waals surface area (Å²) >= 11 is 0. The van der Waals surface area contributed by atoms with Gasteiger partial charge in [0.2, 0.25) is 11.8 Å². The normalized spacial score (nSPS) is 17.9. The van der Waals surface area contributed by atoms with E-state index in [0.717, 1.165) is 41.8 Å². The molecule has 49 heavy (non-hydrogen) atoms. The van der Waals surface area contributed by atoms with Crippen molar-refractivity contribution in [3.63, 3.8) is 0 Å². The van der Waals surface area contributed by atoms with Crippen LogP contribution in [0.15, 0.2) is 65.8 Å². The number of hydrogen-bond acceptors (Lipinski definition) is 9. The fourth-order valence-electron chi connectivity index (χ4n) is 6.29. The summed E-state index contributed by atoms with van der Waals surface area (Å²) in [5.74, 6) is 0.521. The van der Waals surface area contributed by atoms with Gasteiger partial charge in [0.25, 0.3) is 15.9 Å². The largest absolute Gasteiger partial charge is 0.475 e. The van der Waals surface area contributed by atoms with Gasteiger partial charge in [-0.3, -0.25) is 9.78 Å². The first-order chi connectivity index (χ1) is 23.3. The molecule has 2 aromatic heterocycles. The molecule has 12 heteroatoms. The van der Waals surface area contributed by atoms with Crippen LogP contribution in [0.25, 0.3) is 11.3 Å². The molecule has 0 saturated heterocycles. The molecule has 0 radical (unpaired) electrons. The van der Waals surface area contributed by atoms with Gasteiger partial charge in [-0.1, -0.05) is 45.0 Å². The number of anilines is 2. The summed E-state index contributed by atoms with van der Waals surface area (Å²) in [5, 5.41) is 0. The number of hydrogen-bond donors (Lipinski definition) is 1. The first kappa shape index (κ1) is 34.3. The zero-order valence-electron chi connectivity index (χ0n) is 29.1. The average Bonchev–Trinajstić information content (AvgIpc) is 3.02. The van der Waals surface area contributed by atoms with E-state index in [9.17, 15) is 13.2 Å². The van der Waals surface area contributed by atoms with E-state index in [1.165, 1.54) is 18.6 Å². The number of nitrogens with zero attached hydrogens (tertiary/aromatic N) is 6. The fraction of sp³-hybridized carbons (Fsp3) is 0.432. The zero-order valence-corrected chi connectivity index (χ0v) is 29.9. The Morgan fingerprint density at radius 2 is 1.73 bits per heavy atom. The highest BCUT2D eigenvalue weighted by Gasteiger charge is 2.31. The molecule has 1 saturated carbocycles. The minimum absolute atomic E-state index is 0.0172. The predicted octanol–water partition coefficient (Wildman–Crippen LogP) is 6.57. The Balaban J connectivity index is 1.45. The van der Waals surface area contributed by atoms with E-state index in [1.807, 2.05) is 39.1 Å². The maximum absolute atomic E-state index is 14.5. The van der Waals surface area contributed by atoms with E-state index in [4.69, 9.17) is 9.72 Å². The predicted molar refractivity (Wildman–Crippen MR) is 190 cm³/mol. The minimum atomic E-state index is -4.17. The smallest absolute Gasteiger partial charge is 0.264 e. The number of carbonyl (C=O) groups excluding carboxylic acids is 1. The number of fused-ring (bicyclic) bond motifs is 4. The number of amides is 1. The lowest BCUT2D eigenvalue weighted by Gasteiger charge is -2.36. The molecule has 0 spiro atoms. The van der Waals surface area contributed by atoms with Gasteiger partial charge in [-0.25, -0.2) is 23.1 Å². The Hall–Kier alpha value is -4.58. The van der Waals surface area contributed by atoms with Crippen LogP contribution in [0.4, 0.5) is 11.8 Å². The van der Waals surface area contributed by atoms with Gasteiger partial charge in [0.1, 0.15) is 12.4 Å². The molecule has 1 amide bonds. The van der Waals surface area contributed by atoms with Gasteiger partial charge in [0.05, 0.1) is 41.3 Å². The highest BCUT2D eigenvalue weighted by Crippen LogP contribution is 2.32. The summed E-state index contributed by atoms with van der Waals surface area (Å²) in [7, 11) is -2.14. The molecule has 11 nitrogen and oxygen atoms in total. The molecule has 1 atom stereocenters. The summed E-state index contributed by atoms with van der Waals surface area (Å²) in [6.07, 6.45) is 8.30. The molecule has 1 aliphatic carbocycles. The third kappa shape index (κ3) is 7.85. The zero-order chi connectivity index (χ0) is 34.9. The van der Waals surface area contributed by atoms with Crippen LogP contribution in [0.2, 0.25) is 0 Å². The number of aryl methyl sites for hydroxylation is 2. The molecule has 2 aromatic carbocycles. The van der Waals surface area contributed by atoms with Gasteiger partial charge >= 0.3 is 0 Å². The molecule has 1 fully saturated rings. The second kappa shape index (κ2) is 13.7. The SMILES string of the molecule is Cc1cccc(C)c1-c1cc2nc(n1)NS(=O)(=O)c1cccc(c1)C(=O)N(Cc1cncc(N(C)C3CCC3)n1)[C@H](CCC(C)(C)C)CO2. The summed E-state index contributed by atoms with van der Waals surface area (Å²) in [4.78, 5) is 36.9. The van der Waals surface area contributed by atoms with E-state index in [0.29, 0.717) is 23.9 Å². The van der Waals surface area contributed by atoms with Gasteiger partial charge in [-0.15, -0.1) is 0 Å². The molecule has 4 aromatic rings. The Bertz CT molecular complexity index is 1940. The first-order valence-corrected chi connectivity index (χ1v) is 18.3. The number of carbonyl (C=O) groups is 1. The summed E-state index contributed by atoms with van der Waals surface area (Å²) in [6.45, 7) is 10.7. The van der Waals surface area contributed by atoms with E-state index >= 15 is 0 Å². The Morgan fingerprint density at radius 3 is 2.43 bits per heavy atom. The van der Waals surface area contributed by atoms with Crippen LogP contribution >= 0.6 is 0 Å². The van der Waals surface area contributed by atoms with Crippen LogP contribution in [-0.4, -0.2) is 64.9 Å². The van der Waals surface area contributed by atoms with Crippen LogP contribution in [-0.2, 0) is 16.6 Å². The van der Waals surface area contributed by atoms with Gasteiger partial charge in [-0.2, -0.15) is 4.98 Å². The quantitative estimate of drug-likeness (QED) is 0.230. The van der Waals surface area contributed by atoms with E-state index in [2.05, 4.69) is 45.3 Å². The van der Waals surface area contributed by atoms with E-state index in [1.54, 1.807) is 35.5 Å². The molecule has 4 bridgehead atoms. The molecule has 3 heterocycles. The lowest BCUT2D eigenvalue weighted by Crippen LogP contribution is -2.44. The average molecular weight is 684 g/mol. The Kier molecular flexibility index (Phi) is 9.61. The van der Waals surface area contributed by atoms with E-state index < -0.39 is 16.1 Å². The second-order valence-electron chi connectivity index (χ2n) is 14.4. The third-order valence-corrected chi connectivity index (χ3v) is 10.7. The van der Waals surface area contributed by atoms with Crippen molar-refractivity contribution >= 4 is 27.7 Å². The standard InChI is InChI=1S/C37H45N7O4S/c1-24-10-7-11-25(2)34(24)31-19-33-41-36(40-31)42-49(46,47)30-15-8-12-26(18-30)35(45)44(29(23-48-33)16-17-37(3,4)5)22-27-20-38-21-32(39-27)43(6)28-13-9-14-28/h7-8,10-12,15,18-21,28-29H,9,13-14,16-17,22-23H2,1-6H3,(H,40,41,42)/t29-/m1/s1. The maximum atomic E-state index is 14.5. The van der Waals surface area contributed by atoms with Crippen molar-refractivity contribution in [3.05, 3.63) is 83.3 Å². The van der Waals surface area contributed by atoms with Crippen molar-refractivity contribution in [2.75, 3.05) is 23.3 Å². The van der Waals surface area contributed by atoms with Crippen molar-refractivity contribution in [3.8, 4) is 17.1 Å². The molecule has 0 unspecified atom stereocenters. The number of ether oxygens (including phenoxy) is 1. The van der Waals surface area contributed by atoms with Crippen LogP contribution in [0, 0.1) is 19.3 Å². The fourth-order valence-corrected chi connectivity index (χ4v) is 7.28. The number of rotatable bonds is 7. The molecule has 1 N–H and O–H groups in total. The van der Waals surface area contributed by atoms with Gasteiger partial charge in [-0.05, 0) is 80.7 Å². The van der Waals surface area contributed by atoms with Gasteiger partial charge < -0.3 is 14.5 Å². The summed E-state index contributed by atoms with van der Waals surface area (Å²) < 4.78 is 36.4. The van der Waals surface area contributed by atoms with Gasteiger partial charge in [0.15, 0.2) is 0 Å². The summed E-state index contributed by atoms with van der Waals surface area (Å²) in [6, 6.07) is 13.8. The van der Waals surface area contributed by atoms with Crippen molar-refractivity contribution in [2.45, 2.75) is 90.2 Å². The number of aromatic nitrogens is 4. The number of benzene rings is 2. The number of sulfonamides is 1. The molecular formula is C37H45N7O4S. The minimum Gasteiger partial charge on any atom is -0.475 e. The van der Waals surface area contributed by atoms with Gasteiger partial charge in [0, 0.05) is 30.3 Å². The molecule has 258 valence electrons. The molecular weight excluding hydrogens is 639 g/mol. The third-order valence-electron chi connectivity index (χ3n) is 9.40. The van der Waals surface area contributed by atoms with Crippen molar-refractivity contribution in [1.29, 1.82) is 0 Å². The highest BCUT2D eigenvalue weighted by molar-refractivity contribution is 7.92. The topological polar surface area (TPSA) is 131 Å². The van der Waals surface area contributed by atoms with Crippen LogP contribution in [0.3, 0.4) is 0 Å². The van der Waals surface area contributed by atoms with Crippen LogP contribution in [0.5, 0.6) is 5.88 Å². The number of nitrogens with one attached hydrogen (secondary N) is 1. The summed E-state index contributed by atoms with van der Waals surface area (Å²) in [5.41, 5.74) is 4.22. The lowest BCUT2D eigenvalue weighted by molar-refractivity contribution is 0.0549. The van der Waals surface area contributed by atoms with Crippen molar-refractivity contribution in [1.82, 2.24) is 24.8 Å². The lowest BCUT2D eigenvalue weighted by atomic mass is 9.88. The van der Waals surface area contributed by atoms with Crippen LogP contribution < -0.4 is 14.4 Å². The highest BCUT2D eigenvalue weighted by atomic mass is 32.2. The van der Waals surface area contributed by atoms with E-state index in [-0.39, 0.29) is 46.8 Å². The molecule has 1 aliphatic heterocycles. The second-order valence-corrected chi connectivity index (χ2v) is 16.1. The first-order valence-electron chi connectivity index (χ1n) is 16.8. The Morgan fingerprint density at radius 1 is 1.00 bits per heavy atom. The monoisotopic (exact) mass is 683 g/mol. The Labute approximate surface area is 289 Å². The van der Waals surface area contributed by atoms with Crippen molar-refractivity contribution in [2.24, 2.45) is 5.41 Å². The maximum Gasteiger partial charge on any atom is 0.264 e. The molecule has 6 rings (SSSR count). The van der Waals surface area contributed by atoms with Crippen molar-refractivity contribution < 1.29 is 17.9 Å². The van der Waals surface area contributed by atoms with Crippen LogP contribution in [0.1, 0.15) is 80.1 Å².